The number of carbonyl (C=O) groups is 1. The number of hydrogen-bond acceptors (Lipinski definition) is 3. The van der Waals surface area contributed by atoms with Crippen LogP contribution in [0.1, 0.15) is 0 Å². The van der Waals surface area contributed by atoms with Crippen LogP contribution in [0.15, 0.2) is 23.1 Å². The number of halogens is 2. The molecule has 0 aliphatic rings. The van der Waals surface area contributed by atoms with Gasteiger partial charge in [-0.15, -0.1) is 0 Å². The van der Waals surface area contributed by atoms with Gasteiger partial charge in [-0.05, 0) is 18.2 Å². The zero-order valence-electron chi connectivity index (χ0n) is 8.12. The van der Waals surface area contributed by atoms with Crippen LogP contribution in [0.4, 0.5) is 10.5 Å². The maximum absolute atomic E-state index is 11.0. The molecule has 0 radical (unpaired) electrons. The second-order valence-electron chi connectivity index (χ2n) is 2.78. The van der Waals surface area contributed by atoms with E-state index >= 15 is 0 Å². The van der Waals surface area contributed by atoms with Crippen LogP contribution in [0.25, 0.3) is 0 Å². The number of hydrogen-bond donors (Lipinski definition) is 2. The smallest absolute Gasteiger partial charge is 0.319 e. The van der Waals surface area contributed by atoms with E-state index in [4.69, 9.17) is 22.3 Å². The molecule has 0 unspecified atom stereocenters. The summed E-state index contributed by atoms with van der Waals surface area (Å²) in [7, 11) is 2.76. The lowest BCUT2D eigenvalue weighted by atomic mass is 10.3. The Morgan fingerprint density at radius 3 is 2.44 bits per heavy atom. The third-order valence-corrected chi connectivity index (χ3v) is 3.36. The molecule has 0 atom stereocenters. The Balaban J connectivity index is 3.06. The molecular formula is C8H8Cl2N2O3S. The van der Waals surface area contributed by atoms with E-state index in [0.717, 1.165) is 6.07 Å². The van der Waals surface area contributed by atoms with Gasteiger partial charge in [0.2, 0.25) is 0 Å². The van der Waals surface area contributed by atoms with Crippen LogP contribution in [0.2, 0.25) is 5.02 Å². The number of rotatable bonds is 2. The fourth-order valence-corrected chi connectivity index (χ4v) is 2.00. The lowest BCUT2D eigenvalue weighted by molar-refractivity contribution is 0.254. The van der Waals surface area contributed by atoms with Gasteiger partial charge < -0.3 is 10.6 Å². The maximum Gasteiger partial charge on any atom is 0.319 e. The Kier molecular flexibility index (Phi) is 4.01. The van der Waals surface area contributed by atoms with Crippen molar-refractivity contribution >= 4 is 43.1 Å². The van der Waals surface area contributed by atoms with Gasteiger partial charge in [0.05, 0.1) is 15.6 Å². The number of amides is 2. The van der Waals surface area contributed by atoms with E-state index in [9.17, 15) is 13.2 Å². The third-order valence-electron chi connectivity index (χ3n) is 1.70. The molecule has 0 fully saturated rings. The van der Waals surface area contributed by atoms with Crippen molar-refractivity contribution in [1.82, 2.24) is 5.32 Å². The average Bonchev–Trinajstić information content (AvgIpc) is 2.19. The zero-order valence-corrected chi connectivity index (χ0v) is 10.4. The first-order chi connectivity index (χ1) is 7.34. The Morgan fingerprint density at radius 1 is 1.38 bits per heavy atom. The van der Waals surface area contributed by atoms with Gasteiger partial charge in [-0.3, -0.25) is 0 Å². The first-order valence-electron chi connectivity index (χ1n) is 4.07. The molecule has 0 aliphatic heterocycles. The van der Waals surface area contributed by atoms with Gasteiger partial charge in [0.25, 0.3) is 9.05 Å². The molecule has 16 heavy (non-hydrogen) atoms. The lowest BCUT2D eigenvalue weighted by Crippen LogP contribution is -2.24. The van der Waals surface area contributed by atoms with Gasteiger partial charge in [-0.2, -0.15) is 0 Å². The Bertz CT molecular complexity index is 516. The highest BCUT2D eigenvalue weighted by Crippen LogP contribution is 2.26. The van der Waals surface area contributed by atoms with Crippen molar-refractivity contribution in [2.75, 3.05) is 12.4 Å². The highest BCUT2D eigenvalue weighted by molar-refractivity contribution is 8.13. The maximum atomic E-state index is 11.0. The molecule has 1 rings (SSSR count). The highest BCUT2D eigenvalue weighted by Gasteiger charge is 2.12. The minimum atomic E-state index is -3.82. The Morgan fingerprint density at radius 2 is 2.00 bits per heavy atom. The minimum Gasteiger partial charge on any atom is -0.341 e. The van der Waals surface area contributed by atoms with Crippen LogP contribution < -0.4 is 10.6 Å². The molecule has 2 amide bonds. The van der Waals surface area contributed by atoms with Crippen LogP contribution in [0, 0.1) is 0 Å². The summed E-state index contributed by atoms with van der Waals surface area (Å²) in [5.74, 6) is 0. The Labute approximate surface area is 102 Å². The van der Waals surface area contributed by atoms with E-state index in [1.54, 1.807) is 0 Å². The highest BCUT2D eigenvalue weighted by atomic mass is 35.7. The molecule has 0 spiro atoms. The van der Waals surface area contributed by atoms with Gasteiger partial charge in [-0.25, -0.2) is 13.2 Å². The summed E-state index contributed by atoms with van der Waals surface area (Å²) in [6.45, 7) is 0. The number of anilines is 1. The predicted octanol–water partition coefficient (Wildman–Crippen LogP) is 2.02. The number of carbonyl (C=O) groups excluding carboxylic acids is 1. The molecule has 0 saturated heterocycles. The molecule has 0 bridgehead atoms. The SMILES string of the molecule is CNC(=O)Nc1ccc(S(=O)(=O)Cl)cc1Cl. The largest absolute Gasteiger partial charge is 0.341 e. The molecule has 0 saturated carbocycles. The Hall–Kier alpha value is -0.980. The van der Waals surface area contributed by atoms with Crippen molar-refractivity contribution in [3.63, 3.8) is 0 Å². The number of nitrogens with one attached hydrogen (secondary N) is 2. The van der Waals surface area contributed by atoms with Gasteiger partial charge in [0.15, 0.2) is 0 Å². The second kappa shape index (κ2) is 4.90. The molecule has 2 N–H and O–H groups in total. The first-order valence-corrected chi connectivity index (χ1v) is 6.76. The van der Waals surface area contributed by atoms with Crippen LogP contribution in [-0.2, 0) is 9.05 Å². The molecule has 1 aromatic rings. The van der Waals surface area contributed by atoms with Crippen LogP contribution in [0.3, 0.4) is 0 Å². The summed E-state index contributed by atoms with van der Waals surface area (Å²) in [4.78, 5) is 10.9. The summed E-state index contributed by atoms with van der Waals surface area (Å²) >= 11 is 5.77. The lowest BCUT2D eigenvalue weighted by Gasteiger charge is -2.07. The van der Waals surface area contributed by atoms with Crippen molar-refractivity contribution in [2.24, 2.45) is 0 Å². The quantitative estimate of drug-likeness (QED) is 0.815. The first kappa shape index (κ1) is 13.1. The molecule has 5 nitrogen and oxygen atoms in total. The minimum absolute atomic E-state index is 0.0883. The normalized spacial score (nSPS) is 10.9. The van der Waals surface area contributed by atoms with Crippen LogP contribution in [0.5, 0.6) is 0 Å². The molecule has 88 valence electrons. The molecule has 1 aromatic carbocycles. The van der Waals surface area contributed by atoms with E-state index in [-0.39, 0.29) is 9.92 Å². The third kappa shape index (κ3) is 3.26. The van der Waals surface area contributed by atoms with Gasteiger partial charge in [0.1, 0.15) is 0 Å². The predicted molar refractivity (Wildman–Crippen MR) is 62.6 cm³/mol. The van der Waals surface area contributed by atoms with Gasteiger partial charge >= 0.3 is 6.03 Å². The van der Waals surface area contributed by atoms with Crippen molar-refractivity contribution in [3.05, 3.63) is 23.2 Å². The molecule has 0 aliphatic carbocycles. The van der Waals surface area contributed by atoms with E-state index < -0.39 is 15.1 Å². The van der Waals surface area contributed by atoms with Crippen molar-refractivity contribution < 1.29 is 13.2 Å². The van der Waals surface area contributed by atoms with E-state index in [2.05, 4.69) is 10.6 Å². The molecule has 0 heterocycles. The summed E-state index contributed by atoms with van der Waals surface area (Å²) in [6, 6.07) is 3.31. The monoisotopic (exact) mass is 282 g/mol. The van der Waals surface area contributed by atoms with Crippen molar-refractivity contribution in [2.45, 2.75) is 4.90 Å². The van der Waals surface area contributed by atoms with Crippen molar-refractivity contribution in [1.29, 1.82) is 0 Å². The number of benzene rings is 1. The fraction of sp³-hybridized carbons (Fsp3) is 0.125. The molecular weight excluding hydrogens is 275 g/mol. The van der Waals surface area contributed by atoms with Crippen LogP contribution >= 0.6 is 22.3 Å². The van der Waals surface area contributed by atoms with Crippen LogP contribution in [-0.4, -0.2) is 21.5 Å². The summed E-state index contributed by atoms with van der Waals surface area (Å²) in [6.07, 6.45) is 0. The fourth-order valence-electron chi connectivity index (χ4n) is 0.934. The zero-order chi connectivity index (χ0) is 12.3. The van der Waals surface area contributed by atoms with Gasteiger partial charge in [-0.1, -0.05) is 11.6 Å². The second-order valence-corrected chi connectivity index (χ2v) is 5.76. The molecule has 8 heteroatoms. The van der Waals surface area contributed by atoms with E-state index in [1.165, 1.54) is 19.2 Å². The summed E-state index contributed by atoms with van der Waals surface area (Å²) in [5.41, 5.74) is 0.296. The molecule has 0 aromatic heterocycles. The summed E-state index contributed by atoms with van der Waals surface area (Å²) < 4.78 is 22.0. The standard InChI is InChI=1S/C8H8Cl2N2O3S/c1-11-8(13)12-7-3-2-5(4-6(7)9)16(10,14)15/h2-4H,1H3,(H2,11,12,13). The topological polar surface area (TPSA) is 75.3 Å². The van der Waals surface area contributed by atoms with Gasteiger partial charge in [0, 0.05) is 17.7 Å². The number of urea groups is 1. The summed E-state index contributed by atoms with van der Waals surface area (Å²) in [5, 5.41) is 4.84. The van der Waals surface area contributed by atoms with E-state index in [1.807, 2.05) is 0 Å². The average molecular weight is 283 g/mol. The van der Waals surface area contributed by atoms with E-state index in [0.29, 0.717) is 5.69 Å². The van der Waals surface area contributed by atoms with Crippen molar-refractivity contribution in [3.8, 4) is 0 Å².